The number of thiazole rings is 1. The average Bonchev–Trinajstić information content (AvgIpc) is 3.59. The molecule has 35 heavy (non-hydrogen) atoms. The maximum Gasteiger partial charge on any atom is 0.308 e. The van der Waals surface area contributed by atoms with E-state index < -0.39 is 0 Å². The van der Waals surface area contributed by atoms with E-state index in [0.29, 0.717) is 30.0 Å². The van der Waals surface area contributed by atoms with Crippen molar-refractivity contribution in [2.24, 2.45) is 0 Å². The lowest BCUT2D eigenvalue weighted by Gasteiger charge is -2.13. The smallest absolute Gasteiger partial charge is 0.308 e. The lowest BCUT2D eigenvalue weighted by Crippen LogP contribution is -2.33. The molecule has 182 valence electrons. The van der Waals surface area contributed by atoms with Crippen LogP contribution in [0.1, 0.15) is 43.5 Å². The fourth-order valence-corrected chi connectivity index (χ4v) is 6.22. The zero-order chi connectivity index (χ0) is 24.0. The van der Waals surface area contributed by atoms with Crippen molar-refractivity contribution in [1.82, 2.24) is 29.6 Å². The number of fused-ring (bicyclic) bond motifs is 1. The van der Waals surface area contributed by atoms with Crippen molar-refractivity contribution in [3.05, 3.63) is 69.8 Å². The third kappa shape index (κ3) is 5.82. The zero-order valence-corrected chi connectivity index (χ0v) is 21.1. The number of aromatic nitrogens is 5. The number of para-hydroxylation sites is 1. The molecule has 8 nitrogen and oxygen atoms in total. The molecule has 1 fully saturated rings. The first-order valence-electron chi connectivity index (χ1n) is 12.0. The first-order chi connectivity index (χ1) is 17.2. The molecule has 3 aromatic heterocycles. The topological polar surface area (TPSA) is 94.7 Å². The number of hydrogen-bond donors (Lipinski definition) is 1. The van der Waals surface area contributed by atoms with E-state index in [2.05, 4.69) is 25.1 Å². The number of nitrogens with zero attached hydrogens (tertiary/aromatic N) is 5. The third-order valence-corrected chi connectivity index (χ3v) is 8.24. The SMILES string of the molecule is O=C(CSc1nnc(Cn2c(=O)sc3ccccc32)n1CCCc1ccncc1)NC1CCCC1. The largest absolute Gasteiger partial charge is 0.353 e. The van der Waals surface area contributed by atoms with Gasteiger partial charge in [0.05, 0.1) is 22.5 Å². The Morgan fingerprint density at radius 3 is 2.71 bits per heavy atom. The van der Waals surface area contributed by atoms with Gasteiger partial charge < -0.3 is 9.88 Å². The molecule has 0 spiro atoms. The number of carbonyl (C=O) groups is 1. The molecule has 4 aromatic rings. The highest BCUT2D eigenvalue weighted by molar-refractivity contribution is 7.99. The Kier molecular flexibility index (Phi) is 7.58. The number of rotatable bonds is 10. The van der Waals surface area contributed by atoms with E-state index in [0.717, 1.165) is 41.7 Å². The Labute approximate surface area is 211 Å². The molecule has 1 amide bonds. The number of benzene rings is 1. The number of nitrogens with one attached hydrogen (secondary N) is 1. The quantitative estimate of drug-likeness (QED) is 0.327. The van der Waals surface area contributed by atoms with Crippen LogP contribution in [0, 0.1) is 0 Å². The molecule has 1 N–H and O–H groups in total. The van der Waals surface area contributed by atoms with Gasteiger partial charge >= 0.3 is 4.87 Å². The third-order valence-electron chi connectivity index (χ3n) is 6.32. The van der Waals surface area contributed by atoms with Crippen molar-refractivity contribution < 1.29 is 4.79 Å². The minimum absolute atomic E-state index is 0.0114. The molecule has 0 radical (unpaired) electrons. The van der Waals surface area contributed by atoms with Gasteiger partial charge in [-0.1, -0.05) is 48.1 Å². The van der Waals surface area contributed by atoms with Gasteiger partial charge in [0.25, 0.3) is 0 Å². The number of amides is 1. The molecule has 0 unspecified atom stereocenters. The number of carbonyl (C=O) groups excluding carboxylic acids is 1. The lowest BCUT2D eigenvalue weighted by atomic mass is 10.1. The maximum absolute atomic E-state index is 12.7. The normalized spacial score (nSPS) is 14.1. The Morgan fingerprint density at radius 1 is 1.09 bits per heavy atom. The van der Waals surface area contributed by atoms with Crippen molar-refractivity contribution in [2.75, 3.05) is 5.75 Å². The van der Waals surface area contributed by atoms with Crippen LogP contribution in [0.25, 0.3) is 10.2 Å². The highest BCUT2D eigenvalue weighted by atomic mass is 32.2. The van der Waals surface area contributed by atoms with E-state index in [1.165, 1.54) is 41.5 Å². The van der Waals surface area contributed by atoms with Crippen LogP contribution < -0.4 is 10.2 Å². The van der Waals surface area contributed by atoms with Gasteiger partial charge in [-0.3, -0.25) is 19.1 Å². The van der Waals surface area contributed by atoms with E-state index in [1.54, 1.807) is 17.0 Å². The summed E-state index contributed by atoms with van der Waals surface area (Å²) in [7, 11) is 0. The highest BCUT2D eigenvalue weighted by Crippen LogP contribution is 2.22. The molecule has 1 saturated carbocycles. The van der Waals surface area contributed by atoms with Gasteiger partial charge in [-0.2, -0.15) is 0 Å². The monoisotopic (exact) mass is 508 g/mol. The maximum atomic E-state index is 12.7. The van der Waals surface area contributed by atoms with Crippen LogP contribution in [0.4, 0.5) is 0 Å². The van der Waals surface area contributed by atoms with E-state index in [4.69, 9.17) is 0 Å². The van der Waals surface area contributed by atoms with Crippen molar-refractivity contribution >= 4 is 39.2 Å². The highest BCUT2D eigenvalue weighted by Gasteiger charge is 2.20. The van der Waals surface area contributed by atoms with Gasteiger partial charge in [0.1, 0.15) is 0 Å². The zero-order valence-electron chi connectivity index (χ0n) is 19.4. The van der Waals surface area contributed by atoms with Crippen LogP contribution in [-0.2, 0) is 24.3 Å². The predicted molar refractivity (Wildman–Crippen MR) is 139 cm³/mol. The Balaban J connectivity index is 1.33. The van der Waals surface area contributed by atoms with Crippen molar-refractivity contribution in [3.8, 4) is 0 Å². The van der Waals surface area contributed by atoms with E-state index in [-0.39, 0.29) is 10.8 Å². The molecule has 1 aromatic carbocycles. The molecular weight excluding hydrogens is 480 g/mol. The molecule has 0 bridgehead atoms. The molecule has 0 aliphatic heterocycles. The molecule has 5 rings (SSSR count). The summed E-state index contributed by atoms with van der Waals surface area (Å²) in [6.45, 7) is 1.05. The van der Waals surface area contributed by atoms with Crippen molar-refractivity contribution in [2.45, 2.75) is 62.8 Å². The van der Waals surface area contributed by atoms with Gasteiger partial charge in [0.2, 0.25) is 5.91 Å². The van der Waals surface area contributed by atoms with Gasteiger partial charge in [-0.15, -0.1) is 10.2 Å². The van der Waals surface area contributed by atoms with E-state index in [9.17, 15) is 9.59 Å². The van der Waals surface area contributed by atoms with Crippen LogP contribution in [0.3, 0.4) is 0 Å². The van der Waals surface area contributed by atoms with Crippen LogP contribution in [0.15, 0.2) is 58.7 Å². The summed E-state index contributed by atoms with van der Waals surface area (Å²) in [5.41, 5.74) is 2.12. The molecule has 1 aliphatic rings. The van der Waals surface area contributed by atoms with Crippen LogP contribution in [-0.4, -0.2) is 42.0 Å². The standard InChI is InChI=1S/C25H28N6O2S2/c32-23(27-19-7-1-2-8-19)17-34-24-29-28-22(30(24)15-5-6-18-11-13-26-14-12-18)16-31-20-9-3-4-10-21(20)35-25(31)33/h3-4,9-14,19H,1-2,5-8,15-17H2,(H,27,32). The average molecular weight is 509 g/mol. The van der Waals surface area contributed by atoms with Crippen LogP contribution >= 0.6 is 23.1 Å². The number of aryl methyl sites for hydroxylation is 1. The molecule has 1 aliphatic carbocycles. The molecule has 0 atom stereocenters. The van der Waals surface area contributed by atoms with Gasteiger partial charge in [-0.25, -0.2) is 0 Å². The first-order valence-corrected chi connectivity index (χ1v) is 13.8. The Morgan fingerprint density at radius 2 is 1.89 bits per heavy atom. The summed E-state index contributed by atoms with van der Waals surface area (Å²) in [5, 5.41) is 12.7. The summed E-state index contributed by atoms with van der Waals surface area (Å²) in [6, 6.07) is 12.1. The second-order valence-electron chi connectivity index (χ2n) is 8.77. The second kappa shape index (κ2) is 11.2. The van der Waals surface area contributed by atoms with Gasteiger partial charge in [0.15, 0.2) is 11.0 Å². The van der Waals surface area contributed by atoms with E-state index >= 15 is 0 Å². The summed E-state index contributed by atoms with van der Waals surface area (Å²) in [4.78, 5) is 29.3. The van der Waals surface area contributed by atoms with Crippen molar-refractivity contribution in [1.29, 1.82) is 0 Å². The van der Waals surface area contributed by atoms with Crippen LogP contribution in [0.2, 0.25) is 0 Å². The van der Waals surface area contributed by atoms with Gasteiger partial charge in [0, 0.05) is 25.0 Å². The Bertz CT molecular complexity index is 1340. The first kappa shape index (κ1) is 23.7. The summed E-state index contributed by atoms with van der Waals surface area (Å²) >= 11 is 2.65. The molecule has 10 heteroatoms. The number of thioether (sulfide) groups is 1. The molecular formula is C25H28N6O2S2. The van der Waals surface area contributed by atoms with Crippen molar-refractivity contribution in [3.63, 3.8) is 0 Å². The Hall–Kier alpha value is -2.98. The minimum atomic E-state index is -0.0114. The number of pyridine rings is 1. The second-order valence-corrected chi connectivity index (χ2v) is 10.7. The lowest BCUT2D eigenvalue weighted by molar-refractivity contribution is -0.119. The summed E-state index contributed by atoms with van der Waals surface area (Å²) in [5.74, 6) is 1.07. The number of hydrogen-bond acceptors (Lipinski definition) is 7. The fourth-order valence-electron chi connectivity index (χ4n) is 4.53. The predicted octanol–water partition coefficient (Wildman–Crippen LogP) is 3.88. The minimum Gasteiger partial charge on any atom is -0.353 e. The summed E-state index contributed by atoms with van der Waals surface area (Å²) in [6.07, 6.45) is 9.89. The fraction of sp³-hybridized carbons (Fsp3) is 0.400. The van der Waals surface area contributed by atoms with E-state index in [1.807, 2.05) is 36.4 Å². The molecule has 3 heterocycles. The molecule has 0 saturated heterocycles. The van der Waals surface area contributed by atoms with Crippen LogP contribution in [0.5, 0.6) is 0 Å². The van der Waals surface area contributed by atoms with Gasteiger partial charge in [-0.05, 0) is 55.5 Å². The summed E-state index contributed by atoms with van der Waals surface area (Å²) < 4.78 is 4.78.